The van der Waals surface area contributed by atoms with Crippen LogP contribution in [0.3, 0.4) is 0 Å². The van der Waals surface area contributed by atoms with Crippen LogP contribution >= 0.6 is 0 Å². The molecule has 0 amide bonds. The number of halogens is 3. The fraction of sp³-hybridized carbons (Fsp3) is 0.250. The second-order valence-corrected chi connectivity index (χ2v) is 5.39. The lowest BCUT2D eigenvalue weighted by atomic mass is 10.2. The summed E-state index contributed by atoms with van der Waals surface area (Å²) in [7, 11) is -5.79. The second-order valence-electron chi connectivity index (χ2n) is 3.85. The molecule has 0 aliphatic carbocycles. The second kappa shape index (κ2) is 6.17. The number of allylic oxidation sites excluding steroid dienone is 2. The lowest BCUT2D eigenvalue weighted by Crippen LogP contribution is -2.25. The molecule has 9 heteroatoms. The van der Waals surface area contributed by atoms with Gasteiger partial charge in [-0.1, -0.05) is 18.2 Å². The highest BCUT2D eigenvalue weighted by atomic mass is 32.2. The molecule has 1 aromatic carbocycles. The van der Waals surface area contributed by atoms with Crippen molar-refractivity contribution in [2.75, 3.05) is 0 Å². The molecule has 0 bridgehead atoms. The molecule has 0 radical (unpaired) electrons. The van der Waals surface area contributed by atoms with Gasteiger partial charge in [-0.15, -0.1) is 0 Å². The van der Waals surface area contributed by atoms with E-state index < -0.39 is 33.1 Å². The van der Waals surface area contributed by atoms with Crippen LogP contribution in [0.4, 0.5) is 13.2 Å². The summed E-state index contributed by atoms with van der Waals surface area (Å²) in [6.45, 7) is 2.05. The van der Waals surface area contributed by atoms with Gasteiger partial charge in [0.25, 0.3) is 0 Å². The first-order chi connectivity index (χ1) is 9.54. The number of carbonyl (C=O) groups is 1. The Bertz CT molecular complexity index is 647. The molecule has 1 rings (SSSR count). The Morgan fingerprint density at radius 2 is 1.57 bits per heavy atom. The summed E-state index contributed by atoms with van der Waals surface area (Å²) in [5, 5.41) is 0. The SMILES string of the molecule is C/C(OC(=O)c1ccccc1)=C(\C)OS(=O)(=O)C(F)(F)F. The molecule has 0 saturated carbocycles. The molecule has 0 aromatic heterocycles. The zero-order valence-corrected chi connectivity index (χ0v) is 11.8. The highest BCUT2D eigenvalue weighted by molar-refractivity contribution is 7.87. The van der Waals surface area contributed by atoms with E-state index in [1.54, 1.807) is 18.2 Å². The third-order valence-electron chi connectivity index (χ3n) is 2.27. The van der Waals surface area contributed by atoms with E-state index in [1.807, 2.05) is 0 Å². The number of hydrogen-bond donors (Lipinski definition) is 0. The van der Waals surface area contributed by atoms with Gasteiger partial charge in [-0.25, -0.2) is 4.79 Å². The minimum absolute atomic E-state index is 0.156. The van der Waals surface area contributed by atoms with E-state index in [4.69, 9.17) is 4.74 Å². The Morgan fingerprint density at radius 1 is 1.05 bits per heavy atom. The molecule has 0 atom stereocenters. The number of alkyl halides is 3. The first kappa shape index (κ1) is 17.0. The number of esters is 1. The fourth-order valence-corrected chi connectivity index (χ4v) is 1.66. The minimum atomic E-state index is -5.79. The standard InChI is InChI=1S/C12H11F3O5S/c1-8(9(2)20-21(17,18)12(13,14)15)19-11(16)10-6-4-3-5-7-10/h3-7H,1-2H3/b9-8-. The predicted molar refractivity (Wildman–Crippen MR) is 66.3 cm³/mol. The van der Waals surface area contributed by atoms with Crippen molar-refractivity contribution < 1.29 is 35.3 Å². The van der Waals surface area contributed by atoms with Gasteiger partial charge in [-0.3, -0.25) is 0 Å². The van der Waals surface area contributed by atoms with Crippen molar-refractivity contribution in [2.24, 2.45) is 0 Å². The number of carbonyl (C=O) groups excluding carboxylic acids is 1. The Morgan fingerprint density at radius 3 is 2.05 bits per heavy atom. The van der Waals surface area contributed by atoms with Gasteiger partial charge in [0, 0.05) is 0 Å². The molecule has 0 aliphatic heterocycles. The molecule has 0 heterocycles. The van der Waals surface area contributed by atoms with Crippen molar-refractivity contribution in [3.05, 3.63) is 47.4 Å². The van der Waals surface area contributed by atoms with Crippen molar-refractivity contribution in [3.63, 3.8) is 0 Å². The van der Waals surface area contributed by atoms with E-state index >= 15 is 0 Å². The van der Waals surface area contributed by atoms with E-state index in [0.29, 0.717) is 0 Å². The van der Waals surface area contributed by atoms with Crippen molar-refractivity contribution >= 4 is 16.1 Å². The summed E-state index contributed by atoms with van der Waals surface area (Å²) in [5.41, 5.74) is -5.40. The van der Waals surface area contributed by atoms with Crippen molar-refractivity contribution in [3.8, 4) is 0 Å². The number of hydrogen-bond acceptors (Lipinski definition) is 5. The summed E-state index contributed by atoms with van der Waals surface area (Å²) in [6.07, 6.45) is 0. The van der Waals surface area contributed by atoms with E-state index in [0.717, 1.165) is 13.8 Å². The molecule has 116 valence electrons. The summed E-state index contributed by atoms with van der Waals surface area (Å²) in [4.78, 5) is 11.6. The molecule has 5 nitrogen and oxygen atoms in total. The highest BCUT2D eigenvalue weighted by Gasteiger charge is 2.48. The van der Waals surface area contributed by atoms with Crippen LogP contribution in [0.15, 0.2) is 41.9 Å². The lowest BCUT2D eigenvalue weighted by Gasteiger charge is -2.12. The number of benzene rings is 1. The number of rotatable bonds is 4. The zero-order chi connectivity index (χ0) is 16.3. The average Bonchev–Trinajstić information content (AvgIpc) is 2.37. The summed E-state index contributed by atoms with van der Waals surface area (Å²) in [6, 6.07) is 7.64. The van der Waals surface area contributed by atoms with Gasteiger partial charge < -0.3 is 8.92 Å². The van der Waals surface area contributed by atoms with Gasteiger partial charge in [-0.2, -0.15) is 21.6 Å². The summed E-state index contributed by atoms with van der Waals surface area (Å²) in [5.74, 6) is -1.92. The fourth-order valence-electron chi connectivity index (χ4n) is 1.11. The van der Waals surface area contributed by atoms with E-state index in [9.17, 15) is 26.4 Å². The van der Waals surface area contributed by atoms with Crippen LogP contribution < -0.4 is 0 Å². The molecule has 0 N–H and O–H groups in total. The van der Waals surface area contributed by atoms with Gasteiger partial charge in [0.2, 0.25) is 0 Å². The lowest BCUT2D eigenvalue weighted by molar-refractivity contribution is -0.0523. The molecule has 0 spiro atoms. The van der Waals surface area contributed by atoms with E-state index in [-0.39, 0.29) is 5.56 Å². The third kappa shape index (κ3) is 4.48. The third-order valence-corrected chi connectivity index (χ3v) is 3.31. The molecule has 0 saturated heterocycles. The van der Waals surface area contributed by atoms with Gasteiger partial charge >= 0.3 is 21.6 Å². The number of ether oxygens (including phenoxy) is 1. The summed E-state index contributed by atoms with van der Waals surface area (Å²) < 4.78 is 66.6. The maximum atomic E-state index is 12.1. The van der Waals surface area contributed by atoms with Crippen LogP contribution in [0.2, 0.25) is 0 Å². The molecule has 1 aromatic rings. The van der Waals surface area contributed by atoms with Crippen LogP contribution in [0, 0.1) is 0 Å². The largest absolute Gasteiger partial charge is 0.534 e. The topological polar surface area (TPSA) is 69.7 Å². The normalized spacial score (nSPS) is 13.4. The maximum Gasteiger partial charge on any atom is 0.534 e. The van der Waals surface area contributed by atoms with Gasteiger partial charge in [0.05, 0.1) is 5.56 Å². The Kier molecular flexibility index (Phi) is 5.00. The van der Waals surface area contributed by atoms with Crippen molar-refractivity contribution in [2.45, 2.75) is 19.4 Å². The molecular weight excluding hydrogens is 313 g/mol. The van der Waals surface area contributed by atoms with Crippen LogP contribution in [-0.2, 0) is 19.0 Å². The monoisotopic (exact) mass is 324 g/mol. The first-order valence-corrected chi connectivity index (χ1v) is 6.91. The average molecular weight is 324 g/mol. The molecule has 0 unspecified atom stereocenters. The summed E-state index contributed by atoms with van der Waals surface area (Å²) >= 11 is 0. The van der Waals surface area contributed by atoms with Crippen molar-refractivity contribution in [1.82, 2.24) is 0 Å². The zero-order valence-electron chi connectivity index (χ0n) is 11.0. The highest BCUT2D eigenvalue weighted by Crippen LogP contribution is 2.27. The maximum absolute atomic E-state index is 12.1. The Balaban J connectivity index is 2.87. The van der Waals surface area contributed by atoms with Gasteiger partial charge in [0.1, 0.15) is 5.76 Å². The van der Waals surface area contributed by atoms with Gasteiger partial charge in [-0.05, 0) is 26.0 Å². The molecular formula is C12H11F3O5S. The molecule has 21 heavy (non-hydrogen) atoms. The van der Waals surface area contributed by atoms with E-state index in [2.05, 4.69) is 4.18 Å². The quantitative estimate of drug-likeness (QED) is 0.368. The predicted octanol–water partition coefficient (Wildman–Crippen LogP) is 2.96. The van der Waals surface area contributed by atoms with Crippen molar-refractivity contribution in [1.29, 1.82) is 0 Å². The van der Waals surface area contributed by atoms with Crippen LogP contribution in [0.5, 0.6) is 0 Å². The van der Waals surface area contributed by atoms with Gasteiger partial charge in [0.15, 0.2) is 5.76 Å². The minimum Gasteiger partial charge on any atom is -0.424 e. The Hall–Kier alpha value is -2.03. The van der Waals surface area contributed by atoms with Crippen LogP contribution in [0.25, 0.3) is 0 Å². The molecule has 0 fully saturated rings. The Labute approximate surface area is 119 Å². The molecule has 0 aliphatic rings. The van der Waals surface area contributed by atoms with Crippen LogP contribution in [-0.4, -0.2) is 19.9 Å². The smallest absolute Gasteiger partial charge is 0.424 e. The first-order valence-electron chi connectivity index (χ1n) is 5.50. The van der Waals surface area contributed by atoms with E-state index in [1.165, 1.54) is 12.1 Å². The van der Waals surface area contributed by atoms with Crippen LogP contribution in [0.1, 0.15) is 24.2 Å².